The van der Waals surface area contributed by atoms with E-state index in [1.807, 2.05) is 6.92 Å². The maximum atomic E-state index is 12.1. The van der Waals surface area contributed by atoms with Gasteiger partial charge in [-0.15, -0.1) is 0 Å². The van der Waals surface area contributed by atoms with E-state index >= 15 is 0 Å². The molecule has 0 aliphatic heterocycles. The van der Waals surface area contributed by atoms with Crippen LogP contribution in [0.3, 0.4) is 0 Å². The van der Waals surface area contributed by atoms with Crippen LogP contribution in [0.4, 0.5) is 0 Å². The molecule has 0 fully saturated rings. The van der Waals surface area contributed by atoms with Gasteiger partial charge in [-0.2, -0.15) is 0 Å². The van der Waals surface area contributed by atoms with Gasteiger partial charge in [-0.05, 0) is 53.4 Å². The number of carboxylic acid groups (broad SMARTS) is 2. The Morgan fingerprint density at radius 2 is 1.95 bits per heavy atom. The van der Waals surface area contributed by atoms with E-state index in [1.54, 1.807) is 18.2 Å². The van der Waals surface area contributed by atoms with Gasteiger partial charge in [0.2, 0.25) is 0 Å². The van der Waals surface area contributed by atoms with Crippen molar-refractivity contribution >= 4 is 33.8 Å². The van der Waals surface area contributed by atoms with Gasteiger partial charge in [0.25, 0.3) is 5.91 Å². The summed E-state index contributed by atoms with van der Waals surface area (Å²) in [4.78, 5) is 33.6. The minimum atomic E-state index is -1.18. The Hall–Kier alpha value is -1.89. The molecule has 1 aromatic rings. The molecule has 7 heteroatoms. The Balaban J connectivity index is 2.72. The molecule has 0 saturated heterocycles. The highest BCUT2D eigenvalue weighted by molar-refractivity contribution is 9.10. The molecule has 1 rings (SSSR count). The van der Waals surface area contributed by atoms with E-state index in [0.29, 0.717) is 10.0 Å². The van der Waals surface area contributed by atoms with Crippen LogP contribution < -0.4 is 5.32 Å². The van der Waals surface area contributed by atoms with Crippen LogP contribution in [0, 0.1) is 6.92 Å². The van der Waals surface area contributed by atoms with Crippen LogP contribution in [-0.4, -0.2) is 34.1 Å². The molecule has 21 heavy (non-hydrogen) atoms. The number of benzene rings is 1. The molecule has 0 heterocycles. The Morgan fingerprint density at radius 3 is 2.48 bits per heavy atom. The van der Waals surface area contributed by atoms with E-state index in [2.05, 4.69) is 21.2 Å². The monoisotopic (exact) mass is 357 g/mol. The quantitative estimate of drug-likeness (QED) is 0.693. The highest BCUT2D eigenvalue weighted by Crippen LogP contribution is 2.18. The summed E-state index contributed by atoms with van der Waals surface area (Å²) in [7, 11) is 0. The second-order valence-corrected chi connectivity index (χ2v) is 5.49. The van der Waals surface area contributed by atoms with E-state index < -0.39 is 23.9 Å². The van der Waals surface area contributed by atoms with Crippen LogP contribution in [0.5, 0.6) is 0 Å². The van der Waals surface area contributed by atoms with Crippen LogP contribution in [0.2, 0.25) is 0 Å². The number of rotatable bonds is 7. The summed E-state index contributed by atoms with van der Waals surface area (Å²) in [6.45, 7) is 1.87. The number of carboxylic acids is 2. The number of aliphatic carboxylic acids is 2. The van der Waals surface area contributed by atoms with Crippen LogP contribution in [0.15, 0.2) is 22.7 Å². The van der Waals surface area contributed by atoms with Gasteiger partial charge in [0.1, 0.15) is 6.04 Å². The van der Waals surface area contributed by atoms with E-state index in [0.717, 1.165) is 5.56 Å². The first kappa shape index (κ1) is 17.2. The standard InChI is InChI=1S/C14H16BrNO5/c1-8-5-6-9(10(15)7-8)13(19)16-11(14(20)21)3-2-4-12(17)18/h5-7,11H,2-4H2,1H3,(H,16,19)(H,17,18)(H,20,21)/t11-/m1/s1. The van der Waals surface area contributed by atoms with Crippen LogP contribution in [0.25, 0.3) is 0 Å². The van der Waals surface area contributed by atoms with Gasteiger partial charge in [0, 0.05) is 10.9 Å². The molecule has 6 nitrogen and oxygen atoms in total. The van der Waals surface area contributed by atoms with E-state index in [9.17, 15) is 14.4 Å². The molecule has 1 aromatic carbocycles. The molecule has 114 valence electrons. The van der Waals surface area contributed by atoms with Crippen LogP contribution >= 0.6 is 15.9 Å². The fourth-order valence-electron chi connectivity index (χ4n) is 1.76. The summed E-state index contributed by atoms with van der Waals surface area (Å²) in [5.74, 6) is -2.69. The first-order chi connectivity index (χ1) is 9.81. The highest BCUT2D eigenvalue weighted by Gasteiger charge is 2.21. The van der Waals surface area contributed by atoms with E-state index in [4.69, 9.17) is 10.2 Å². The first-order valence-electron chi connectivity index (χ1n) is 6.33. The van der Waals surface area contributed by atoms with Gasteiger partial charge in [-0.25, -0.2) is 4.79 Å². The predicted octanol–water partition coefficient (Wildman–Crippen LogP) is 2.20. The summed E-state index contributed by atoms with van der Waals surface area (Å²) < 4.78 is 0.578. The van der Waals surface area contributed by atoms with Gasteiger partial charge >= 0.3 is 11.9 Å². The zero-order valence-corrected chi connectivity index (χ0v) is 13.0. The molecule has 0 aliphatic rings. The van der Waals surface area contributed by atoms with E-state index in [1.165, 1.54) is 0 Å². The summed E-state index contributed by atoms with van der Waals surface area (Å²) in [5, 5.41) is 20.0. The number of amides is 1. The summed E-state index contributed by atoms with van der Waals surface area (Å²) in [5.41, 5.74) is 1.31. The average Bonchev–Trinajstić information content (AvgIpc) is 2.36. The number of nitrogens with one attached hydrogen (secondary N) is 1. The number of aryl methyl sites for hydroxylation is 1. The number of hydrogen-bond donors (Lipinski definition) is 3. The molecule has 0 bridgehead atoms. The van der Waals surface area contributed by atoms with Crippen molar-refractivity contribution < 1.29 is 24.6 Å². The highest BCUT2D eigenvalue weighted by atomic mass is 79.9. The number of carbonyl (C=O) groups excluding carboxylic acids is 1. The number of hydrogen-bond acceptors (Lipinski definition) is 3. The molecule has 0 unspecified atom stereocenters. The fraction of sp³-hybridized carbons (Fsp3) is 0.357. The Bertz CT molecular complexity index is 558. The van der Waals surface area contributed by atoms with Gasteiger partial charge in [0.05, 0.1) is 5.56 Å². The summed E-state index contributed by atoms with van der Waals surface area (Å²) >= 11 is 3.26. The lowest BCUT2D eigenvalue weighted by atomic mass is 10.1. The molecular formula is C14H16BrNO5. The third-order valence-corrected chi connectivity index (χ3v) is 3.51. The summed E-state index contributed by atoms with van der Waals surface area (Å²) in [6.07, 6.45) is 0.117. The summed E-state index contributed by atoms with van der Waals surface area (Å²) in [6, 6.07) is 4.00. The van der Waals surface area contributed by atoms with Crippen molar-refractivity contribution in [1.82, 2.24) is 5.32 Å². The van der Waals surface area contributed by atoms with Gasteiger partial charge < -0.3 is 15.5 Å². The maximum Gasteiger partial charge on any atom is 0.326 e. The average molecular weight is 358 g/mol. The molecule has 1 amide bonds. The van der Waals surface area contributed by atoms with Gasteiger partial charge in [0.15, 0.2) is 0 Å². The van der Waals surface area contributed by atoms with Crippen molar-refractivity contribution in [3.05, 3.63) is 33.8 Å². The zero-order chi connectivity index (χ0) is 16.0. The Kier molecular flexibility index (Phi) is 6.36. The van der Waals surface area contributed by atoms with Crippen molar-refractivity contribution in [1.29, 1.82) is 0 Å². The van der Waals surface area contributed by atoms with Crippen molar-refractivity contribution in [3.8, 4) is 0 Å². The Labute approximate surface area is 130 Å². The van der Waals surface area contributed by atoms with Crippen LogP contribution in [0.1, 0.15) is 35.2 Å². The smallest absolute Gasteiger partial charge is 0.326 e. The minimum absolute atomic E-state index is 0.0663. The molecule has 0 saturated carbocycles. The van der Waals surface area contributed by atoms with E-state index in [-0.39, 0.29) is 19.3 Å². The van der Waals surface area contributed by atoms with Gasteiger partial charge in [-0.3, -0.25) is 9.59 Å². The molecular weight excluding hydrogens is 342 g/mol. The molecule has 3 N–H and O–H groups in total. The molecule has 1 atom stereocenters. The topological polar surface area (TPSA) is 104 Å². The maximum absolute atomic E-state index is 12.1. The first-order valence-corrected chi connectivity index (χ1v) is 7.12. The SMILES string of the molecule is Cc1ccc(C(=O)N[C@H](CCCC(=O)O)C(=O)O)c(Br)c1. The molecule has 0 radical (unpaired) electrons. The second-order valence-electron chi connectivity index (χ2n) is 4.63. The van der Waals surface area contributed by atoms with Crippen molar-refractivity contribution in [2.75, 3.05) is 0 Å². The van der Waals surface area contributed by atoms with Crippen LogP contribution in [-0.2, 0) is 9.59 Å². The van der Waals surface area contributed by atoms with Crippen molar-refractivity contribution in [2.24, 2.45) is 0 Å². The third-order valence-electron chi connectivity index (χ3n) is 2.86. The zero-order valence-electron chi connectivity index (χ0n) is 11.4. The molecule has 0 aromatic heterocycles. The molecule has 0 spiro atoms. The largest absolute Gasteiger partial charge is 0.481 e. The van der Waals surface area contributed by atoms with Gasteiger partial charge in [-0.1, -0.05) is 6.07 Å². The number of carbonyl (C=O) groups is 3. The lowest BCUT2D eigenvalue weighted by Crippen LogP contribution is -2.40. The number of halogens is 1. The lowest BCUT2D eigenvalue weighted by molar-refractivity contribution is -0.140. The Morgan fingerprint density at radius 1 is 1.29 bits per heavy atom. The third kappa shape index (κ3) is 5.55. The fourth-order valence-corrected chi connectivity index (χ4v) is 2.43. The lowest BCUT2D eigenvalue weighted by Gasteiger charge is -2.15. The second kappa shape index (κ2) is 7.78. The van der Waals surface area contributed by atoms with Crippen molar-refractivity contribution in [2.45, 2.75) is 32.2 Å². The normalized spacial score (nSPS) is 11.7. The van der Waals surface area contributed by atoms with Crippen molar-refractivity contribution in [3.63, 3.8) is 0 Å². The molecule has 0 aliphatic carbocycles. The minimum Gasteiger partial charge on any atom is -0.481 e. The predicted molar refractivity (Wildman–Crippen MR) is 79.3 cm³/mol.